The Morgan fingerprint density at radius 1 is 1.03 bits per heavy atom. The van der Waals surface area contributed by atoms with Gasteiger partial charge in [0.1, 0.15) is 0 Å². The highest BCUT2D eigenvalue weighted by Crippen LogP contribution is 2.37. The van der Waals surface area contributed by atoms with Crippen LogP contribution < -0.4 is 5.32 Å². The van der Waals surface area contributed by atoms with Gasteiger partial charge in [-0.25, -0.2) is 0 Å². The Bertz CT molecular complexity index is 924. The number of likely N-dealkylation sites (tertiary alicyclic amines) is 1. The van der Waals surface area contributed by atoms with Crippen LogP contribution in [0, 0.1) is 0 Å². The van der Waals surface area contributed by atoms with Gasteiger partial charge in [-0.2, -0.15) is 0 Å². The van der Waals surface area contributed by atoms with Gasteiger partial charge in [-0.15, -0.1) is 0 Å². The molecule has 2 aromatic carbocycles. The minimum absolute atomic E-state index is 0.0188. The molecule has 0 bridgehead atoms. The number of amides is 3. The number of carbonyl (C=O) groups excluding carboxylic acids is 3. The van der Waals surface area contributed by atoms with Gasteiger partial charge in [0.05, 0.1) is 17.6 Å². The molecule has 1 N–H and O–H groups in total. The number of halogens is 1. The van der Waals surface area contributed by atoms with E-state index in [1.807, 2.05) is 48.5 Å². The summed E-state index contributed by atoms with van der Waals surface area (Å²) in [6.45, 7) is 2.54. The van der Waals surface area contributed by atoms with E-state index in [0.29, 0.717) is 31.6 Å². The lowest BCUT2D eigenvalue weighted by Gasteiger charge is -2.42. The summed E-state index contributed by atoms with van der Waals surface area (Å²) in [5.74, 6) is -0.341. The van der Waals surface area contributed by atoms with Crippen LogP contribution in [0.2, 0.25) is 0 Å². The molecule has 6 nitrogen and oxygen atoms in total. The Kier molecular flexibility index (Phi) is 6.92. The zero-order valence-corrected chi connectivity index (χ0v) is 18.8. The van der Waals surface area contributed by atoms with E-state index in [9.17, 15) is 14.4 Å². The lowest BCUT2D eigenvalue weighted by molar-refractivity contribution is -0.142. The van der Waals surface area contributed by atoms with Gasteiger partial charge >= 0.3 is 0 Å². The minimum Gasteiger partial charge on any atom is -0.343 e. The number of rotatable bonds is 5. The SMILES string of the molecule is CC(=O)N1CCC(C(=O)N(C)CC(=O)Nc2ccccc2Br)(c2ccccc2)CC1. The molecule has 0 aromatic heterocycles. The van der Waals surface area contributed by atoms with Crippen LogP contribution in [0.15, 0.2) is 59.1 Å². The maximum Gasteiger partial charge on any atom is 0.244 e. The number of para-hydroxylation sites is 1. The fraction of sp³-hybridized carbons (Fsp3) is 0.348. The molecule has 0 saturated carbocycles. The molecule has 1 aliphatic heterocycles. The van der Waals surface area contributed by atoms with E-state index in [1.54, 1.807) is 24.9 Å². The summed E-state index contributed by atoms with van der Waals surface area (Å²) in [4.78, 5) is 41.2. The molecule has 3 amide bonds. The predicted molar refractivity (Wildman–Crippen MR) is 120 cm³/mol. The number of nitrogens with zero attached hydrogens (tertiary/aromatic N) is 2. The van der Waals surface area contributed by atoms with Crippen LogP contribution in [0.25, 0.3) is 0 Å². The summed E-state index contributed by atoms with van der Waals surface area (Å²) in [5.41, 5.74) is 0.849. The van der Waals surface area contributed by atoms with Crippen LogP contribution >= 0.6 is 15.9 Å². The standard InChI is InChI=1S/C23H26BrN3O3/c1-17(28)27-14-12-23(13-15-27,18-8-4-3-5-9-18)22(30)26(2)16-21(29)25-20-11-7-6-10-19(20)24/h3-11H,12-16H2,1-2H3,(H,25,29). The van der Waals surface area contributed by atoms with Gasteiger partial charge in [-0.3, -0.25) is 14.4 Å². The number of hydrogen-bond donors (Lipinski definition) is 1. The Hall–Kier alpha value is -2.67. The van der Waals surface area contributed by atoms with Gasteiger partial charge < -0.3 is 15.1 Å². The molecule has 30 heavy (non-hydrogen) atoms. The maximum absolute atomic E-state index is 13.6. The van der Waals surface area contributed by atoms with E-state index in [4.69, 9.17) is 0 Å². The normalized spacial score (nSPS) is 15.4. The molecule has 0 aliphatic carbocycles. The lowest BCUT2D eigenvalue weighted by Crippen LogP contribution is -2.53. The van der Waals surface area contributed by atoms with Crippen molar-refractivity contribution in [2.24, 2.45) is 0 Å². The molecular weight excluding hydrogens is 446 g/mol. The first-order valence-corrected chi connectivity index (χ1v) is 10.7. The molecule has 1 heterocycles. The first kappa shape index (κ1) is 22.0. The van der Waals surface area contributed by atoms with Crippen LogP contribution in [0.5, 0.6) is 0 Å². The highest BCUT2D eigenvalue weighted by Gasteiger charge is 2.45. The van der Waals surface area contributed by atoms with Crippen molar-refractivity contribution in [3.05, 3.63) is 64.6 Å². The molecule has 0 unspecified atom stereocenters. The summed E-state index contributed by atoms with van der Waals surface area (Å²) < 4.78 is 0.782. The molecule has 1 saturated heterocycles. The topological polar surface area (TPSA) is 69.7 Å². The fourth-order valence-electron chi connectivity index (χ4n) is 3.99. The fourth-order valence-corrected chi connectivity index (χ4v) is 4.38. The van der Waals surface area contributed by atoms with Gasteiger partial charge in [0, 0.05) is 31.5 Å². The number of carbonyl (C=O) groups is 3. The summed E-state index contributed by atoms with van der Waals surface area (Å²) in [5, 5.41) is 2.84. The number of piperidine rings is 1. The van der Waals surface area contributed by atoms with Crippen LogP contribution in [-0.2, 0) is 19.8 Å². The van der Waals surface area contributed by atoms with E-state index in [0.717, 1.165) is 10.0 Å². The second-order valence-corrected chi connectivity index (χ2v) is 8.50. The third-order valence-electron chi connectivity index (χ3n) is 5.67. The van der Waals surface area contributed by atoms with Crippen LogP contribution in [0.4, 0.5) is 5.69 Å². The van der Waals surface area contributed by atoms with E-state index in [1.165, 1.54) is 4.90 Å². The molecule has 7 heteroatoms. The van der Waals surface area contributed by atoms with Crippen LogP contribution in [0.3, 0.4) is 0 Å². The monoisotopic (exact) mass is 471 g/mol. The quantitative estimate of drug-likeness (QED) is 0.725. The van der Waals surface area contributed by atoms with Crippen molar-refractivity contribution in [3.63, 3.8) is 0 Å². The molecule has 0 spiro atoms. The largest absolute Gasteiger partial charge is 0.343 e. The van der Waals surface area contributed by atoms with E-state index in [2.05, 4.69) is 21.2 Å². The van der Waals surface area contributed by atoms with E-state index >= 15 is 0 Å². The van der Waals surface area contributed by atoms with Crippen molar-refractivity contribution >= 4 is 39.3 Å². The lowest BCUT2D eigenvalue weighted by atomic mass is 9.71. The van der Waals surface area contributed by atoms with Crippen LogP contribution in [0.1, 0.15) is 25.3 Å². The van der Waals surface area contributed by atoms with Crippen molar-refractivity contribution in [1.29, 1.82) is 0 Å². The maximum atomic E-state index is 13.6. The Morgan fingerprint density at radius 3 is 2.23 bits per heavy atom. The number of hydrogen-bond acceptors (Lipinski definition) is 3. The first-order valence-electron chi connectivity index (χ1n) is 9.94. The highest BCUT2D eigenvalue weighted by molar-refractivity contribution is 9.10. The number of likely N-dealkylation sites (N-methyl/N-ethyl adjacent to an activating group) is 1. The van der Waals surface area contributed by atoms with Gasteiger partial charge in [-0.1, -0.05) is 42.5 Å². The first-order chi connectivity index (χ1) is 14.3. The second kappa shape index (κ2) is 9.43. The summed E-state index contributed by atoms with van der Waals surface area (Å²) in [7, 11) is 1.66. The Balaban J connectivity index is 1.77. The van der Waals surface area contributed by atoms with Gasteiger partial charge in [-0.05, 0) is 46.5 Å². The van der Waals surface area contributed by atoms with Crippen LogP contribution in [-0.4, -0.2) is 54.2 Å². The number of nitrogens with one attached hydrogen (secondary N) is 1. The minimum atomic E-state index is -0.741. The van der Waals surface area contributed by atoms with Crippen molar-refractivity contribution in [3.8, 4) is 0 Å². The summed E-state index contributed by atoms with van der Waals surface area (Å²) in [6.07, 6.45) is 1.07. The molecular formula is C23H26BrN3O3. The second-order valence-electron chi connectivity index (χ2n) is 7.64. The molecule has 0 radical (unpaired) electrons. The number of anilines is 1. The van der Waals surface area contributed by atoms with Crippen molar-refractivity contribution in [1.82, 2.24) is 9.80 Å². The van der Waals surface area contributed by atoms with Gasteiger partial charge in [0.25, 0.3) is 0 Å². The van der Waals surface area contributed by atoms with Crippen molar-refractivity contribution in [2.75, 3.05) is 32.0 Å². The Labute approximate surface area is 185 Å². The molecule has 158 valence electrons. The third-order valence-corrected chi connectivity index (χ3v) is 6.37. The zero-order valence-electron chi connectivity index (χ0n) is 17.2. The Morgan fingerprint density at radius 2 is 1.63 bits per heavy atom. The van der Waals surface area contributed by atoms with E-state index in [-0.39, 0.29) is 24.3 Å². The van der Waals surface area contributed by atoms with Gasteiger partial charge in [0.2, 0.25) is 17.7 Å². The number of benzene rings is 2. The van der Waals surface area contributed by atoms with E-state index < -0.39 is 5.41 Å². The summed E-state index contributed by atoms with van der Waals surface area (Å²) in [6, 6.07) is 17.0. The molecule has 1 aliphatic rings. The molecule has 3 rings (SSSR count). The molecule has 0 atom stereocenters. The smallest absolute Gasteiger partial charge is 0.244 e. The van der Waals surface area contributed by atoms with Gasteiger partial charge in [0.15, 0.2) is 0 Å². The molecule has 2 aromatic rings. The van der Waals surface area contributed by atoms with Crippen molar-refractivity contribution in [2.45, 2.75) is 25.2 Å². The van der Waals surface area contributed by atoms with Crippen molar-refractivity contribution < 1.29 is 14.4 Å². The highest BCUT2D eigenvalue weighted by atomic mass is 79.9. The average Bonchev–Trinajstić information content (AvgIpc) is 2.75. The average molecular weight is 472 g/mol. The third kappa shape index (κ3) is 4.73. The predicted octanol–water partition coefficient (Wildman–Crippen LogP) is 3.43. The summed E-state index contributed by atoms with van der Waals surface area (Å²) >= 11 is 3.41. The zero-order chi connectivity index (χ0) is 21.7. The molecule has 1 fully saturated rings.